The van der Waals surface area contributed by atoms with E-state index in [2.05, 4.69) is 17.4 Å². The number of nitrogens with one attached hydrogen (secondary N) is 1. The molecule has 0 unspecified atom stereocenters. The minimum absolute atomic E-state index is 0.327. The Bertz CT molecular complexity index is 718. The van der Waals surface area contributed by atoms with E-state index in [0.717, 1.165) is 41.7 Å². The predicted octanol–water partition coefficient (Wildman–Crippen LogP) is 4.49. The van der Waals surface area contributed by atoms with Crippen molar-refractivity contribution >= 4 is 28.8 Å². The van der Waals surface area contributed by atoms with Crippen molar-refractivity contribution in [1.82, 2.24) is 4.98 Å². The van der Waals surface area contributed by atoms with Gasteiger partial charge < -0.3 is 10.2 Å². The molecule has 0 radical (unpaired) electrons. The first-order valence-electron chi connectivity index (χ1n) is 9.25. The fraction of sp³-hybridized carbons (Fsp3) is 0.500. The Kier molecular flexibility index (Phi) is 4.37. The number of nitrogens with zero attached hydrogens (tertiary/aromatic N) is 2. The van der Waals surface area contributed by atoms with Gasteiger partial charge in [0.05, 0.1) is 11.2 Å². The van der Waals surface area contributed by atoms with Gasteiger partial charge in [0.2, 0.25) is 6.41 Å². The number of aromatic nitrogens is 1. The van der Waals surface area contributed by atoms with Crippen LogP contribution in [-0.4, -0.2) is 23.5 Å². The number of rotatable bonds is 5. The summed E-state index contributed by atoms with van der Waals surface area (Å²) in [5.74, 6) is 0.903. The molecule has 1 heterocycles. The van der Waals surface area contributed by atoms with Gasteiger partial charge in [-0.2, -0.15) is 0 Å². The molecular weight excluding hydrogens is 298 g/mol. The van der Waals surface area contributed by atoms with E-state index < -0.39 is 0 Å². The van der Waals surface area contributed by atoms with Gasteiger partial charge in [-0.3, -0.25) is 4.79 Å². The lowest BCUT2D eigenvalue weighted by atomic mass is 10.1. The van der Waals surface area contributed by atoms with Crippen LogP contribution in [0.5, 0.6) is 0 Å². The minimum atomic E-state index is 0.327. The number of carbonyl (C=O) groups is 1. The maximum absolute atomic E-state index is 11.9. The summed E-state index contributed by atoms with van der Waals surface area (Å²) in [6.07, 6.45) is 10.6. The van der Waals surface area contributed by atoms with Crippen molar-refractivity contribution in [3.8, 4) is 0 Å². The Morgan fingerprint density at radius 2 is 1.75 bits per heavy atom. The largest absolute Gasteiger partial charge is 0.367 e. The average Bonchev–Trinajstić information content (AvgIpc) is 3.30. The number of hydrogen-bond donors (Lipinski definition) is 1. The summed E-state index contributed by atoms with van der Waals surface area (Å²) in [6, 6.07) is 11.1. The fourth-order valence-electron chi connectivity index (χ4n) is 4.25. The van der Waals surface area contributed by atoms with Crippen LogP contribution in [0.1, 0.15) is 51.4 Å². The highest BCUT2D eigenvalue weighted by Gasteiger charge is 2.25. The second kappa shape index (κ2) is 6.80. The summed E-state index contributed by atoms with van der Waals surface area (Å²) in [4.78, 5) is 18.6. The summed E-state index contributed by atoms with van der Waals surface area (Å²) in [6.45, 7) is 0. The molecule has 4 nitrogen and oxygen atoms in total. The van der Waals surface area contributed by atoms with Crippen molar-refractivity contribution in [2.45, 2.75) is 63.5 Å². The topological polar surface area (TPSA) is 45.2 Å². The summed E-state index contributed by atoms with van der Waals surface area (Å²) in [5, 5.41) is 4.65. The molecule has 2 aliphatic rings. The Morgan fingerprint density at radius 3 is 2.50 bits per heavy atom. The smallest absolute Gasteiger partial charge is 0.214 e. The number of hydrogen-bond acceptors (Lipinski definition) is 3. The first-order valence-corrected chi connectivity index (χ1v) is 9.25. The van der Waals surface area contributed by atoms with Crippen LogP contribution in [0.15, 0.2) is 30.3 Å². The van der Waals surface area contributed by atoms with E-state index in [1.807, 2.05) is 23.1 Å². The highest BCUT2D eigenvalue weighted by Crippen LogP contribution is 2.34. The van der Waals surface area contributed by atoms with E-state index in [1.54, 1.807) is 0 Å². The lowest BCUT2D eigenvalue weighted by Gasteiger charge is -2.27. The first kappa shape index (κ1) is 15.4. The quantitative estimate of drug-likeness (QED) is 0.824. The average molecular weight is 323 g/mol. The molecule has 2 fully saturated rings. The number of fused-ring (bicyclic) bond motifs is 1. The van der Waals surface area contributed by atoms with Crippen LogP contribution < -0.4 is 10.2 Å². The lowest BCUT2D eigenvalue weighted by Crippen LogP contribution is -2.32. The third-order valence-electron chi connectivity index (χ3n) is 5.51. The zero-order valence-corrected chi connectivity index (χ0v) is 14.1. The van der Waals surface area contributed by atoms with Gasteiger partial charge in [0.25, 0.3) is 0 Å². The zero-order chi connectivity index (χ0) is 16.4. The maximum Gasteiger partial charge on any atom is 0.214 e. The molecule has 4 heteroatoms. The summed E-state index contributed by atoms with van der Waals surface area (Å²) in [5.41, 5.74) is 1.96. The molecule has 1 aromatic heterocycles. The third-order valence-corrected chi connectivity index (χ3v) is 5.51. The van der Waals surface area contributed by atoms with E-state index in [0.29, 0.717) is 12.1 Å². The molecule has 2 saturated carbocycles. The van der Waals surface area contributed by atoms with Gasteiger partial charge in [0, 0.05) is 23.5 Å². The first-order chi connectivity index (χ1) is 11.8. The molecule has 1 amide bonds. The van der Waals surface area contributed by atoms with Gasteiger partial charge in [0.1, 0.15) is 5.82 Å². The number of anilines is 2. The van der Waals surface area contributed by atoms with E-state index >= 15 is 0 Å². The van der Waals surface area contributed by atoms with Crippen LogP contribution in [0.3, 0.4) is 0 Å². The zero-order valence-electron chi connectivity index (χ0n) is 14.1. The Labute approximate surface area is 143 Å². The molecule has 4 rings (SSSR count). The normalized spacial score (nSPS) is 19.0. The minimum Gasteiger partial charge on any atom is -0.367 e. The molecule has 1 aromatic carbocycles. The van der Waals surface area contributed by atoms with Crippen LogP contribution in [0.4, 0.5) is 11.5 Å². The van der Waals surface area contributed by atoms with Gasteiger partial charge in [-0.25, -0.2) is 4.98 Å². The van der Waals surface area contributed by atoms with Gasteiger partial charge in [0.15, 0.2) is 0 Å². The number of pyridine rings is 1. The molecular formula is C20H25N3O. The van der Waals surface area contributed by atoms with E-state index in [-0.39, 0.29) is 0 Å². The third kappa shape index (κ3) is 2.97. The van der Waals surface area contributed by atoms with E-state index in [4.69, 9.17) is 4.98 Å². The Hall–Kier alpha value is -2.10. The lowest BCUT2D eigenvalue weighted by molar-refractivity contribution is -0.107. The van der Waals surface area contributed by atoms with Crippen LogP contribution in [0.2, 0.25) is 0 Å². The van der Waals surface area contributed by atoms with E-state index in [9.17, 15) is 4.79 Å². The molecule has 1 N–H and O–H groups in total. The van der Waals surface area contributed by atoms with Crippen LogP contribution in [0, 0.1) is 0 Å². The van der Waals surface area contributed by atoms with Crippen molar-refractivity contribution in [3.05, 3.63) is 30.3 Å². The van der Waals surface area contributed by atoms with Crippen molar-refractivity contribution in [2.75, 3.05) is 10.2 Å². The molecule has 126 valence electrons. The van der Waals surface area contributed by atoms with Crippen LogP contribution in [-0.2, 0) is 4.79 Å². The highest BCUT2D eigenvalue weighted by atomic mass is 16.1. The molecule has 2 aliphatic carbocycles. The molecule has 0 atom stereocenters. The van der Waals surface area contributed by atoms with Crippen molar-refractivity contribution in [1.29, 1.82) is 0 Å². The molecule has 0 saturated heterocycles. The fourth-order valence-corrected chi connectivity index (χ4v) is 4.25. The van der Waals surface area contributed by atoms with Gasteiger partial charge in [-0.05, 0) is 31.7 Å². The Balaban J connectivity index is 1.74. The van der Waals surface area contributed by atoms with Crippen LogP contribution >= 0.6 is 0 Å². The predicted molar refractivity (Wildman–Crippen MR) is 98.4 cm³/mol. The van der Waals surface area contributed by atoms with Crippen LogP contribution in [0.25, 0.3) is 10.9 Å². The van der Waals surface area contributed by atoms with Crippen molar-refractivity contribution in [3.63, 3.8) is 0 Å². The molecule has 24 heavy (non-hydrogen) atoms. The van der Waals surface area contributed by atoms with Gasteiger partial charge >= 0.3 is 0 Å². The standard InChI is InChI=1S/C20H25N3O/c24-14-23(16-9-3-4-10-16)19-13-20(21-15-7-1-2-8-15)22-18-12-6-5-11-17(18)19/h5-6,11-16H,1-4,7-10H2,(H,21,22). The number of para-hydroxylation sites is 1. The number of amides is 1. The Morgan fingerprint density at radius 1 is 1.04 bits per heavy atom. The monoisotopic (exact) mass is 323 g/mol. The van der Waals surface area contributed by atoms with Gasteiger partial charge in [-0.1, -0.05) is 43.9 Å². The van der Waals surface area contributed by atoms with E-state index in [1.165, 1.54) is 38.5 Å². The second-order valence-electron chi connectivity index (χ2n) is 7.12. The highest BCUT2D eigenvalue weighted by molar-refractivity contribution is 5.98. The summed E-state index contributed by atoms with van der Waals surface area (Å²) < 4.78 is 0. The molecule has 2 aromatic rings. The number of benzene rings is 1. The van der Waals surface area contributed by atoms with Crippen molar-refractivity contribution in [2.24, 2.45) is 0 Å². The molecule has 0 aliphatic heterocycles. The van der Waals surface area contributed by atoms with Crippen molar-refractivity contribution < 1.29 is 4.79 Å². The van der Waals surface area contributed by atoms with Gasteiger partial charge in [-0.15, -0.1) is 0 Å². The summed E-state index contributed by atoms with van der Waals surface area (Å²) in [7, 11) is 0. The maximum atomic E-state index is 11.9. The SMILES string of the molecule is O=CN(c1cc(NC2CCCC2)nc2ccccc12)C1CCCC1. The molecule has 0 spiro atoms. The second-order valence-corrected chi connectivity index (χ2v) is 7.12. The molecule has 0 bridgehead atoms. The number of carbonyl (C=O) groups excluding carboxylic acids is 1. The summed E-state index contributed by atoms with van der Waals surface area (Å²) >= 11 is 0.